The Balaban J connectivity index is 2.53. The molecular weight excluding hydrogens is 426 g/mol. The van der Waals surface area contributed by atoms with Gasteiger partial charge < -0.3 is 10.4 Å². The van der Waals surface area contributed by atoms with E-state index in [1.165, 1.54) is 0 Å². The molecule has 1 atom stereocenters. The van der Waals surface area contributed by atoms with E-state index in [9.17, 15) is 14.7 Å². The lowest BCUT2D eigenvalue weighted by Crippen LogP contribution is -2.40. The number of amides is 1. The van der Waals surface area contributed by atoms with Gasteiger partial charge in [0, 0.05) is 14.5 Å². The lowest BCUT2D eigenvalue weighted by atomic mass is 10.1. The molecule has 1 aromatic rings. The zero-order valence-corrected chi connectivity index (χ0v) is 16.0. The highest BCUT2D eigenvalue weighted by Gasteiger charge is 2.20. The Labute approximate surface area is 153 Å². The van der Waals surface area contributed by atoms with Crippen LogP contribution in [0.1, 0.15) is 48.9 Å². The van der Waals surface area contributed by atoms with Gasteiger partial charge in [0.05, 0.1) is 0 Å². The van der Waals surface area contributed by atoms with Crippen LogP contribution in [-0.4, -0.2) is 23.0 Å². The quantitative estimate of drug-likeness (QED) is 0.395. The van der Waals surface area contributed by atoms with Crippen LogP contribution >= 0.6 is 31.9 Å². The highest BCUT2D eigenvalue weighted by atomic mass is 79.9. The summed E-state index contributed by atoms with van der Waals surface area (Å²) in [6.45, 7) is 3.67. The first-order valence-electron chi connectivity index (χ1n) is 7.54. The molecule has 23 heavy (non-hydrogen) atoms. The number of carboxylic acid groups (broad SMARTS) is 1. The van der Waals surface area contributed by atoms with Crippen LogP contribution in [0, 0.1) is 0 Å². The van der Waals surface area contributed by atoms with Crippen molar-refractivity contribution < 1.29 is 14.7 Å². The van der Waals surface area contributed by atoms with E-state index in [1.54, 1.807) is 12.1 Å². The van der Waals surface area contributed by atoms with Crippen molar-refractivity contribution in [2.24, 2.45) is 0 Å². The molecule has 0 saturated carbocycles. The van der Waals surface area contributed by atoms with Gasteiger partial charge in [-0.25, -0.2) is 4.79 Å². The zero-order chi connectivity index (χ0) is 17.2. The van der Waals surface area contributed by atoms with Gasteiger partial charge in [-0.1, -0.05) is 57.2 Å². The number of halogens is 2. The summed E-state index contributed by atoms with van der Waals surface area (Å²) >= 11 is 6.63. The Kier molecular flexibility index (Phi) is 9.17. The Bertz CT molecular complexity index is 541. The summed E-state index contributed by atoms with van der Waals surface area (Å²) in [5, 5.41) is 11.9. The van der Waals surface area contributed by atoms with Gasteiger partial charge in [-0.05, 0) is 37.5 Å². The van der Waals surface area contributed by atoms with E-state index in [0.717, 1.165) is 41.0 Å². The minimum Gasteiger partial charge on any atom is -0.480 e. The maximum atomic E-state index is 12.2. The molecule has 0 saturated heterocycles. The van der Waals surface area contributed by atoms with Crippen molar-refractivity contribution >= 4 is 43.7 Å². The normalized spacial score (nSPS) is 11.7. The topological polar surface area (TPSA) is 66.4 Å². The number of carbonyl (C=O) groups is 2. The molecule has 0 heterocycles. The molecule has 0 unspecified atom stereocenters. The number of hydrogen-bond acceptors (Lipinski definition) is 2. The summed E-state index contributed by atoms with van der Waals surface area (Å²) in [7, 11) is 0. The first kappa shape index (κ1) is 19.9. The van der Waals surface area contributed by atoms with E-state index in [1.807, 2.05) is 12.1 Å². The van der Waals surface area contributed by atoms with Gasteiger partial charge in [0.25, 0.3) is 5.91 Å². The average Bonchev–Trinajstić information content (AvgIpc) is 2.48. The number of carboxylic acids is 1. The van der Waals surface area contributed by atoms with Crippen LogP contribution in [0.15, 0.2) is 39.8 Å². The van der Waals surface area contributed by atoms with Crippen molar-refractivity contribution in [1.29, 1.82) is 0 Å². The molecule has 6 heteroatoms. The van der Waals surface area contributed by atoms with Crippen molar-refractivity contribution in [2.45, 2.75) is 44.6 Å². The standard InChI is InChI=1S/C17H21Br2NO3/c1-2-3-4-5-6-7-8-15(17(22)23)20-16(21)12-9-13(18)11-14(19)10-12/h2,9-11,15H,1,3-8H2,(H,20,21)(H,22,23)/t15-/m0/s1. The lowest BCUT2D eigenvalue weighted by Gasteiger charge is -2.15. The third-order valence-electron chi connectivity index (χ3n) is 3.38. The molecule has 2 N–H and O–H groups in total. The zero-order valence-electron chi connectivity index (χ0n) is 12.9. The fraction of sp³-hybridized carbons (Fsp3) is 0.412. The largest absolute Gasteiger partial charge is 0.480 e. The van der Waals surface area contributed by atoms with Crippen LogP contribution in [0.2, 0.25) is 0 Å². The minimum absolute atomic E-state index is 0.383. The number of unbranched alkanes of at least 4 members (excludes halogenated alkanes) is 4. The molecule has 4 nitrogen and oxygen atoms in total. The van der Waals surface area contributed by atoms with E-state index < -0.39 is 12.0 Å². The summed E-state index contributed by atoms with van der Waals surface area (Å²) in [6, 6.07) is 4.27. The Morgan fingerprint density at radius 3 is 2.30 bits per heavy atom. The van der Waals surface area contributed by atoms with Gasteiger partial charge >= 0.3 is 5.97 Å². The number of benzene rings is 1. The molecule has 0 aliphatic carbocycles. The van der Waals surface area contributed by atoms with Crippen molar-refractivity contribution in [3.63, 3.8) is 0 Å². The van der Waals surface area contributed by atoms with E-state index >= 15 is 0 Å². The highest BCUT2D eigenvalue weighted by Crippen LogP contribution is 2.20. The SMILES string of the molecule is C=CCCCCCC[C@H](NC(=O)c1cc(Br)cc(Br)c1)C(=O)O. The van der Waals surface area contributed by atoms with Crippen molar-refractivity contribution in [3.05, 3.63) is 45.4 Å². The van der Waals surface area contributed by atoms with Gasteiger partial charge in [0.1, 0.15) is 6.04 Å². The second-order valence-corrected chi connectivity index (χ2v) is 7.13. The van der Waals surface area contributed by atoms with Crippen LogP contribution in [0.25, 0.3) is 0 Å². The molecule has 0 fully saturated rings. The summed E-state index contributed by atoms with van der Waals surface area (Å²) < 4.78 is 1.51. The molecule has 0 aliphatic rings. The molecule has 1 rings (SSSR count). The predicted octanol–water partition coefficient (Wildman–Crippen LogP) is 4.92. The number of carbonyl (C=O) groups excluding carboxylic acids is 1. The van der Waals surface area contributed by atoms with Gasteiger partial charge in [-0.15, -0.1) is 6.58 Å². The molecule has 0 spiro atoms. The monoisotopic (exact) mass is 445 g/mol. The van der Waals surface area contributed by atoms with Gasteiger partial charge in [-0.3, -0.25) is 4.79 Å². The fourth-order valence-electron chi connectivity index (χ4n) is 2.17. The third-order valence-corrected chi connectivity index (χ3v) is 4.29. The fourth-order valence-corrected chi connectivity index (χ4v) is 3.47. The summed E-state index contributed by atoms with van der Waals surface area (Å²) in [6.07, 6.45) is 7.15. The first-order valence-corrected chi connectivity index (χ1v) is 9.13. The van der Waals surface area contributed by atoms with Crippen LogP contribution in [0.3, 0.4) is 0 Å². The minimum atomic E-state index is -1.00. The van der Waals surface area contributed by atoms with Gasteiger partial charge in [0.2, 0.25) is 0 Å². The van der Waals surface area contributed by atoms with Crippen molar-refractivity contribution in [1.82, 2.24) is 5.32 Å². The number of nitrogens with one attached hydrogen (secondary N) is 1. The van der Waals surface area contributed by atoms with Crippen LogP contribution in [0.5, 0.6) is 0 Å². The van der Waals surface area contributed by atoms with Crippen molar-refractivity contribution in [2.75, 3.05) is 0 Å². The molecule has 0 radical (unpaired) electrons. The van der Waals surface area contributed by atoms with Crippen LogP contribution in [0.4, 0.5) is 0 Å². The molecule has 0 aromatic heterocycles. The summed E-state index contributed by atoms with van der Waals surface area (Å²) in [4.78, 5) is 23.5. The number of hydrogen-bond donors (Lipinski definition) is 2. The van der Waals surface area contributed by atoms with E-state index in [4.69, 9.17) is 0 Å². The van der Waals surface area contributed by atoms with Crippen molar-refractivity contribution in [3.8, 4) is 0 Å². The molecule has 1 aromatic carbocycles. The molecule has 0 aliphatic heterocycles. The maximum Gasteiger partial charge on any atom is 0.326 e. The van der Waals surface area contributed by atoms with E-state index in [-0.39, 0.29) is 5.91 Å². The van der Waals surface area contributed by atoms with Gasteiger partial charge in [-0.2, -0.15) is 0 Å². The van der Waals surface area contributed by atoms with Gasteiger partial charge in [0.15, 0.2) is 0 Å². The average molecular weight is 447 g/mol. The van der Waals surface area contributed by atoms with E-state index in [2.05, 4.69) is 43.8 Å². The van der Waals surface area contributed by atoms with E-state index in [0.29, 0.717) is 12.0 Å². The maximum absolute atomic E-state index is 12.2. The second-order valence-electron chi connectivity index (χ2n) is 5.30. The predicted molar refractivity (Wildman–Crippen MR) is 98.6 cm³/mol. The molecule has 0 bridgehead atoms. The second kappa shape index (κ2) is 10.6. The molecule has 1 amide bonds. The smallest absolute Gasteiger partial charge is 0.326 e. The third kappa shape index (κ3) is 7.79. The van der Waals surface area contributed by atoms with Crippen LogP contribution < -0.4 is 5.32 Å². The number of aliphatic carboxylic acids is 1. The molecule has 126 valence electrons. The number of allylic oxidation sites excluding steroid dienone is 1. The first-order chi connectivity index (χ1) is 10.9. The Morgan fingerprint density at radius 1 is 1.13 bits per heavy atom. The summed E-state index contributed by atoms with van der Waals surface area (Å²) in [5.74, 6) is -1.38. The summed E-state index contributed by atoms with van der Waals surface area (Å²) in [5.41, 5.74) is 0.420. The Morgan fingerprint density at radius 2 is 1.74 bits per heavy atom. The lowest BCUT2D eigenvalue weighted by molar-refractivity contribution is -0.139. The molecular formula is C17H21Br2NO3. The Hall–Kier alpha value is -1.14. The number of rotatable bonds is 10. The van der Waals surface area contributed by atoms with Crippen LogP contribution in [-0.2, 0) is 4.79 Å². The highest BCUT2D eigenvalue weighted by molar-refractivity contribution is 9.11.